The molecule has 1 amide bonds. The maximum absolute atomic E-state index is 12.8. The summed E-state index contributed by atoms with van der Waals surface area (Å²) in [5.41, 5.74) is 0.462. The van der Waals surface area contributed by atoms with Crippen LogP contribution >= 0.6 is 11.6 Å². The molecule has 0 unspecified atom stereocenters. The van der Waals surface area contributed by atoms with Gasteiger partial charge in [-0.25, -0.2) is 4.68 Å². The Labute approximate surface area is 156 Å². The minimum Gasteiger partial charge on any atom is -0.323 e. The molecule has 0 saturated carbocycles. The molecular formula is C17H11ClF3N5O. The van der Waals surface area contributed by atoms with Crippen LogP contribution in [0, 0.1) is 0 Å². The number of rotatable bonds is 4. The van der Waals surface area contributed by atoms with Crippen molar-refractivity contribution < 1.29 is 18.0 Å². The number of alkyl halides is 3. The van der Waals surface area contributed by atoms with E-state index >= 15 is 0 Å². The molecule has 27 heavy (non-hydrogen) atoms. The number of tetrazole rings is 1. The first-order valence-electron chi connectivity index (χ1n) is 7.52. The second kappa shape index (κ2) is 7.58. The number of anilines is 1. The number of nitrogens with zero attached hydrogens (tertiary/aromatic N) is 4. The van der Waals surface area contributed by atoms with Gasteiger partial charge in [0.25, 0.3) is 0 Å². The zero-order valence-electron chi connectivity index (χ0n) is 13.5. The number of aromatic nitrogens is 4. The molecule has 1 N–H and O–H groups in total. The van der Waals surface area contributed by atoms with E-state index in [9.17, 15) is 18.0 Å². The van der Waals surface area contributed by atoms with Crippen molar-refractivity contribution in [1.29, 1.82) is 0 Å². The maximum Gasteiger partial charge on any atom is 0.417 e. The maximum atomic E-state index is 12.8. The third kappa shape index (κ3) is 4.70. The summed E-state index contributed by atoms with van der Waals surface area (Å²) in [7, 11) is 0. The summed E-state index contributed by atoms with van der Waals surface area (Å²) in [4.78, 5) is 12.0. The van der Waals surface area contributed by atoms with Crippen LogP contribution in [0.15, 0.2) is 54.9 Å². The molecule has 0 spiro atoms. The summed E-state index contributed by atoms with van der Waals surface area (Å²) in [6, 6.07) is 10.1. The van der Waals surface area contributed by atoms with E-state index in [1.165, 1.54) is 23.2 Å². The van der Waals surface area contributed by atoms with Gasteiger partial charge in [0.2, 0.25) is 5.91 Å². The van der Waals surface area contributed by atoms with E-state index in [0.29, 0.717) is 11.4 Å². The van der Waals surface area contributed by atoms with Gasteiger partial charge in [-0.3, -0.25) is 4.79 Å². The predicted molar refractivity (Wildman–Crippen MR) is 93.3 cm³/mol. The van der Waals surface area contributed by atoms with Crippen molar-refractivity contribution in [3.63, 3.8) is 0 Å². The second-order valence-electron chi connectivity index (χ2n) is 5.36. The normalized spacial score (nSPS) is 11.7. The minimum absolute atomic E-state index is 0.205. The molecule has 138 valence electrons. The fraction of sp³-hybridized carbons (Fsp3) is 0.0588. The Morgan fingerprint density at radius 3 is 2.52 bits per heavy atom. The summed E-state index contributed by atoms with van der Waals surface area (Å²) >= 11 is 5.56. The van der Waals surface area contributed by atoms with Gasteiger partial charge in [-0.15, -0.1) is 5.10 Å². The van der Waals surface area contributed by atoms with Crippen LogP contribution in [-0.2, 0) is 11.0 Å². The van der Waals surface area contributed by atoms with Crippen LogP contribution in [0.25, 0.3) is 11.8 Å². The SMILES string of the molecule is O=C(C=Cc1ccc(Cl)c(C(F)(F)F)c1)Nc1ccc(-n2cnnn2)cc1. The molecule has 0 aliphatic carbocycles. The van der Waals surface area contributed by atoms with Gasteiger partial charge in [0.1, 0.15) is 6.33 Å². The number of carbonyl (C=O) groups is 1. The third-order valence-corrected chi connectivity index (χ3v) is 3.80. The first-order valence-corrected chi connectivity index (χ1v) is 7.90. The third-order valence-electron chi connectivity index (χ3n) is 3.47. The minimum atomic E-state index is -4.56. The van der Waals surface area contributed by atoms with E-state index in [1.54, 1.807) is 24.3 Å². The van der Waals surface area contributed by atoms with E-state index < -0.39 is 22.7 Å². The van der Waals surface area contributed by atoms with Crippen LogP contribution < -0.4 is 5.32 Å². The molecule has 0 aliphatic rings. The monoisotopic (exact) mass is 393 g/mol. The Kier molecular flexibility index (Phi) is 5.22. The van der Waals surface area contributed by atoms with E-state index in [2.05, 4.69) is 20.8 Å². The molecule has 0 atom stereocenters. The van der Waals surface area contributed by atoms with Crippen molar-refractivity contribution in [3.8, 4) is 5.69 Å². The summed E-state index contributed by atoms with van der Waals surface area (Å²) in [5, 5.41) is 13.0. The van der Waals surface area contributed by atoms with Crippen LogP contribution in [0.2, 0.25) is 5.02 Å². The molecular weight excluding hydrogens is 383 g/mol. The molecule has 6 nitrogen and oxygen atoms in total. The zero-order chi connectivity index (χ0) is 19.4. The van der Waals surface area contributed by atoms with Gasteiger partial charge in [-0.1, -0.05) is 17.7 Å². The van der Waals surface area contributed by atoms with Gasteiger partial charge in [0.15, 0.2) is 0 Å². The molecule has 3 aromatic rings. The van der Waals surface area contributed by atoms with Crippen LogP contribution in [0.5, 0.6) is 0 Å². The molecule has 10 heteroatoms. The largest absolute Gasteiger partial charge is 0.417 e. The first-order chi connectivity index (χ1) is 12.8. The molecule has 0 radical (unpaired) electrons. The topological polar surface area (TPSA) is 72.7 Å². The van der Waals surface area contributed by atoms with Crippen LogP contribution in [0.4, 0.5) is 18.9 Å². The Balaban J connectivity index is 1.67. The first kappa shape index (κ1) is 18.6. The molecule has 1 heterocycles. The smallest absolute Gasteiger partial charge is 0.323 e. The summed E-state index contributed by atoms with van der Waals surface area (Å²) < 4.78 is 40.0. The lowest BCUT2D eigenvalue weighted by atomic mass is 10.1. The van der Waals surface area contributed by atoms with Gasteiger partial charge >= 0.3 is 6.18 Å². The fourth-order valence-electron chi connectivity index (χ4n) is 2.20. The molecule has 0 aliphatic heterocycles. The number of carbonyl (C=O) groups excluding carboxylic acids is 1. The van der Waals surface area contributed by atoms with Gasteiger partial charge in [0, 0.05) is 11.8 Å². The van der Waals surface area contributed by atoms with Crippen molar-refractivity contribution in [2.24, 2.45) is 0 Å². The highest BCUT2D eigenvalue weighted by molar-refractivity contribution is 6.31. The molecule has 2 aromatic carbocycles. The van der Waals surface area contributed by atoms with E-state index in [0.717, 1.165) is 18.2 Å². The van der Waals surface area contributed by atoms with Crippen LogP contribution in [0.3, 0.4) is 0 Å². The summed E-state index contributed by atoms with van der Waals surface area (Å²) in [6.07, 6.45) is -0.725. The average Bonchev–Trinajstić information content (AvgIpc) is 3.15. The standard InChI is InChI=1S/C17H11ClF3N5O/c18-15-7-1-11(9-14(15)17(19,20)21)2-8-16(27)23-12-3-5-13(6-4-12)26-10-22-24-25-26/h1-10H,(H,23,27). The number of hydrogen-bond donors (Lipinski definition) is 1. The zero-order valence-corrected chi connectivity index (χ0v) is 14.2. The molecule has 0 saturated heterocycles. The number of halogens is 4. The molecule has 1 aromatic heterocycles. The number of amides is 1. The van der Waals surface area contributed by atoms with E-state index in [4.69, 9.17) is 11.6 Å². The molecule has 0 bridgehead atoms. The lowest BCUT2D eigenvalue weighted by Crippen LogP contribution is -2.08. The summed E-state index contributed by atoms with van der Waals surface area (Å²) in [5.74, 6) is -0.492. The number of nitrogens with one attached hydrogen (secondary N) is 1. The lowest BCUT2D eigenvalue weighted by molar-refractivity contribution is -0.137. The highest BCUT2D eigenvalue weighted by Crippen LogP contribution is 2.35. The fourth-order valence-corrected chi connectivity index (χ4v) is 2.42. The van der Waals surface area contributed by atoms with Crippen LogP contribution in [-0.4, -0.2) is 26.1 Å². The van der Waals surface area contributed by atoms with Crippen molar-refractivity contribution in [1.82, 2.24) is 20.2 Å². The van der Waals surface area contributed by atoms with Crippen LogP contribution in [0.1, 0.15) is 11.1 Å². The molecule has 0 fully saturated rings. The summed E-state index contributed by atoms with van der Waals surface area (Å²) in [6.45, 7) is 0. The average molecular weight is 394 g/mol. The van der Waals surface area contributed by atoms with Crippen molar-refractivity contribution >= 4 is 29.3 Å². The van der Waals surface area contributed by atoms with E-state index in [1.807, 2.05) is 0 Å². The van der Waals surface area contributed by atoms with Gasteiger partial charge in [0.05, 0.1) is 16.3 Å². The van der Waals surface area contributed by atoms with Gasteiger partial charge in [-0.2, -0.15) is 13.2 Å². The van der Waals surface area contributed by atoms with Gasteiger partial charge < -0.3 is 5.32 Å². The van der Waals surface area contributed by atoms with Crippen molar-refractivity contribution in [3.05, 3.63) is 71.0 Å². The number of hydrogen-bond acceptors (Lipinski definition) is 4. The highest BCUT2D eigenvalue weighted by Gasteiger charge is 2.33. The lowest BCUT2D eigenvalue weighted by Gasteiger charge is -2.09. The van der Waals surface area contributed by atoms with Crippen molar-refractivity contribution in [2.75, 3.05) is 5.32 Å². The Bertz CT molecular complexity index is 969. The Morgan fingerprint density at radius 1 is 1.15 bits per heavy atom. The second-order valence-corrected chi connectivity index (χ2v) is 5.77. The van der Waals surface area contributed by atoms with Crippen molar-refractivity contribution in [2.45, 2.75) is 6.18 Å². The Hall–Kier alpha value is -3.20. The highest BCUT2D eigenvalue weighted by atomic mass is 35.5. The quantitative estimate of drug-likeness (QED) is 0.680. The molecule has 3 rings (SSSR count). The van der Waals surface area contributed by atoms with E-state index in [-0.39, 0.29) is 5.56 Å². The van der Waals surface area contributed by atoms with Gasteiger partial charge in [-0.05, 0) is 58.5 Å². The number of benzene rings is 2. The predicted octanol–water partition coefficient (Wildman–Crippen LogP) is 3.99. The Morgan fingerprint density at radius 2 is 1.89 bits per heavy atom.